The monoisotopic (exact) mass is 459 g/mol. The summed E-state index contributed by atoms with van der Waals surface area (Å²) < 4.78 is 31.9. The number of hydrogen-bond acceptors (Lipinski definition) is 0. The fraction of sp³-hybridized carbons (Fsp3) is 0.484. The van der Waals surface area contributed by atoms with Crippen LogP contribution in [0.25, 0.3) is 16.6 Å². The molecule has 3 heteroatoms. The highest BCUT2D eigenvalue weighted by atomic mass is 19.1. The molecular weight excluding hydrogens is 424 g/mol. The van der Waals surface area contributed by atoms with Gasteiger partial charge in [-0.1, -0.05) is 43.5 Å². The first-order valence-electron chi connectivity index (χ1n) is 13.1. The molecule has 34 heavy (non-hydrogen) atoms. The van der Waals surface area contributed by atoms with Crippen LogP contribution in [0.1, 0.15) is 93.4 Å². The van der Waals surface area contributed by atoms with Crippen LogP contribution < -0.4 is 0 Å². The topological polar surface area (TPSA) is 4.93 Å². The van der Waals surface area contributed by atoms with E-state index in [2.05, 4.69) is 24.1 Å². The van der Waals surface area contributed by atoms with Gasteiger partial charge in [0.25, 0.3) is 0 Å². The lowest BCUT2D eigenvalue weighted by atomic mass is 9.46. The molecule has 0 bridgehead atoms. The second-order valence-corrected chi connectivity index (χ2v) is 11.6. The average molecular weight is 460 g/mol. The normalized spacial score (nSPS) is 27.1. The van der Waals surface area contributed by atoms with Crippen LogP contribution in [0.3, 0.4) is 0 Å². The van der Waals surface area contributed by atoms with Gasteiger partial charge < -0.3 is 4.57 Å². The second-order valence-electron chi connectivity index (χ2n) is 11.6. The number of nitrogens with zero attached hydrogens (tertiary/aromatic N) is 1. The number of allylic oxidation sites excluding steroid dienone is 1. The van der Waals surface area contributed by atoms with Gasteiger partial charge in [-0.3, -0.25) is 0 Å². The Balaban J connectivity index is 1.51. The van der Waals surface area contributed by atoms with E-state index < -0.39 is 0 Å². The van der Waals surface area contributed by atoms with Crippen LogP contribution in [0.2, 0.25) is 0 Å². The molecule has 3 aliphatic carbocycles. The zero-order valence-electron chi connectivity index (χ0n) is 20.5. The summed E-state index contributed by atoms with van der Waals surface area (Å²) in [7, 11) is 0. The molecule has 0 atom stereocenters. The third kappa shape index (κ3) is 3.38. The van der Waals surface area contributed by atoms with Crippen molar-refractivity contribution in [3.05, 3.63) is 77.0 Å². The molecule has 3 fully saturated rings. The van der Waals surface area contributed by atoms with E-state index in [1.807, 2.05) is 18.2 Å². The van der Waals surface area contributed by atoms with E-state index in [0.29, 0.717) is 34.2 Å². The Morgan fingerprint density at radius 2 is 1.68 bits per heavy atom. The van der Waals surface area contributed by atoms with Crippen molar-refractivity contribution in [2.75, 3.05) is 0 Å². The fourth-order valence-electron chi connectivity index (χ4n) is 7.44. The van der Waals surface area contributed by atoms with E-state index in [1.54, 1.807) is 13.0 Å². The molecule has 3 aromatic rings. The third-order valence-electron chi connectivity index (χ3n) is 9.23. The number of aromatic nitrogens is 1. The number of rotatable bonds is 4. The Bertz CT molecular complexity index is 1260. The molecule has 0 radical (unpaired) electrons. The van der Waals surface area contributed by atoms with Crippen LogP contribution >= 0.6 is 0 Å². The van der Waals surface area contributed by atoms with E-state index in [-0.39, 0.29) is 11.6 Å². The molecule has 178 valence electrons. The molecule has 0 N–H and O–H groups in total. The van der Waals surface area contributed by atoms with Crippen LogP contribution in [-0.2, 0) is 0 Å². The zero-order valence-corrected chi connectivity index (χ0v) is 20.5. The molecule has 2 aromatic carbocycles. The molecule has 0 unspecified atom stereocenters. The van der Waals surface area contributed by atoms with Gasteiger partial charge in [-0.15, -0.1) is 0 Å². The minimum absolute atomic E-state index is 0.178. The predicted molar refractivity (Wildman–Crippen MR) is 136 cm³/mol. The van der Waals surface area contributed by atoms with Gasteiger partial charge in [0.15, 0.2) is 0 Å². The lowest BCUT2D eigenvalue weighted by Crippen LogP contribution is -2.47. The first-order valence-corrected chi connectivity index (χ1v) is 13.1. The molecule has 1 nitrogen and oxygen atoms in total. The van der Waals surface area contributed by atoms with Gasteiger partial charge in [-0.2, -0.15) is 0 Å². The maximum absolute atomic E-state index is 15.5. The van der Waals surface area contributed by atoms with Crippen molar-refractivity contribution in [2.45, 2.75) is 83.5 Å². The second kappa shape index (κ2) is 8.07. The Labute approximate surface area is 201 Å². The van der Waals surface area contributed by atoms with Crippen molar-refractivity contribution in [1.82, 2.24) is 4.57 Å². The number of hydrogen-bond donors (Lipinski definition) is 0. The van der Waals surface area contributed by atoms with Crippen LogP contribution in [-0.4, -0.2) is 4.57 Å². The molecule has 3 saturated carbocycles. The van der Waals surface area contributed by atoms with Gasteiger partial charge in [0, 0.05) is 16.8 Å². The largest absolute Gasteiger partial charge is 0.310 e. The molecule has 0 amide bonds. The highest BCUT2D eigenvalue weighted by Gasteiger charge is 2.54. The maximum atomic E-state index is 15.5. The summed E-state index contributed by atoms with van der Waals surface area (Å²) in [6.07, 6.45) is 11.0. The van der Waals surface area contributed by atoms with Crippen LogP contribution in [0.4, 0.5) is 8.78 Å². The SMILES string of the molecule is C=C(C)C1CC2(C1)CC(c1c(C3CCCCC3)n(-c3ccc(F)c(C)c3)c3c(F)cccc13)C2. The summed E-state index contributed by atoms with van der Waals surface area (Å²) >= 11 is 0. The Hall–Kier alpha value is -2.42. The van der Waals surface area contributed by atoms with Gasteiger partial charge in [-0.05, 0) is 111 Å². The molecule has 3 aliphatic rings. The van der Waals surface area contributed by atoms with Crippen molar-refractivity contribution in [1.29, 1.82) is 0 Å². The van der Waals surface area contributed by atoms with Gasteiger partial charge in [-0.25, -0.2) is 8.78 Å². The highest BCUT2D eigenvalue weighted by molar-refractivity contribution is 5.89. The number of fused-ring (bicyclic) bond motifs is 1. The van der Waals surface area contributed by atoms with E-state index in [9.17, 15) is 4.39 Å². The first-order chi connectivity index (χ1) is 16.4. The number of para-hydroxylation sites is 1. The number of aryl methyl sites for hydroxylation is 1. The Morgan fingerprint density at radius 3 is 2.35 bits per heavy atom. The lowest BCUT2D eigenvalue weighted by molar-refractivity contribution is -0.0272. The molecule has 6 rings (SSSR count). The van der Waals surface area contributed by atoms with Gasteiger partial charge in [0.05, 0.1) is 5.52 Å². The fourth-order valence-corrected chi connectivity index (χ4v) is 7.44. The van der Waals surface area contributed by atoms with Crippen LogP contribution in [0.15, 0.2) is 48.6 Å². The van der Waals surface area contributed by atoms with Crippen LogP contribution in [0.5, 0.6) is 0 Å². The Morgan fingerprint density at radius 1 is 0.941 bits per heavy atom. The zero-order chi connectivity index (χ0) is 23.6. The third-order valence-corrected chi connectivity index (χ3v) is 9.23. The first kappa shape index (κ1) is 22.1. The Kier molecular flexibility index (Phi) is 5.24. The van der Waals surface area contributed by atoms with Crippen molar-refractivity contribution >= 4 is 10.9 Å². The summed E-state index contributed by atoms with van der Waals surface area (Å²) in [5.74, 6) is 1.21. The highest BCUT2D eigenvalue weighted by Crippen LogP contribution is 2.66. The average Bonchev–Trinajstić information content (AvgIpc) is 3.10. The maximum Gasteiger partial charge on any atom is 0.147 e. The number of benzene rings is 2. The van der Waals surface area contributed by atoms with Crippen molar-refractivity contribution in [3.63, 3.8) is 0 Å². The van der Waals surface area contributed by atoms with Gasteiger partial charge in [0.2, 0.25) is 0 Å². The predicted octanol–water partition coefficient (Wildman–Crippen LogP) is 9.11. The summed E-state index contributed by atoms with van der Waals surface area (Å²) in [6, 6.07) is 10.8. The standard InChI is InChI=1S/C31H35F2N/c1-19(2)22-15-31(16-22)17-23(18-31)28-25-10-7-11-27(33)30(25)34(24-12-13-26(32)20(3)14-24)29(28)21-8-5-4-6-9-21/h7,10-14,21-23H,1,4-6,8-9,15-18H2,2-3H3. The summed E-state index contributed by atoms with van der Waals surface area (Å²) in [5, 5.41) is 1.07. The molecule has 0 aliphatic heterocycles. The lowest BCUT2D eigenvalue weighted by Gasteiger charge is -2.58. The molecule has 1 aromatic heterocycles. The van der Waals surface area contributed by atoms with E-state index in [0.717, 1.165) is 23.9 Å². The number of halogens is 2. The minimum atomic E-state index is -0.210. The van der Waals surface area contributed by atoms with Crippen molar-refractivity contribution in [2.24, 2.45) is 11.3 Å². The van der Waals surface area contributed by atoms with Crippen LogP contribution in [0, 0.1) is 29.9 Å². The van der Waals surface area contributed by atoms with E-state index in [1.165, 1.54) is 67.8 Å². The summed E-state index contributed by atoms with van der Waals surface area (Å²) in [4.78, 5) is 0. The smallest absolute Gasteiger partial charge is 0.147 e. The molecular formula is C31H35F2N. The van der Waals surface area contributed by atoms with E-state index >= 15 is 4.39 Å². The summed E-state index contributed by atoms with van der Waals surface area (Å²) in [6.45, 7) is 8.14. The molecule has 0 saturated heterocycles. The van der Waals surface area contributed by atoms with E-state index in [4.69, 9.17) is 0 Å². The van der Waals surface area contributed by atoms with Gasteiger partial charge >= 0.3 is 0 Å². The summed E-state index contributed by atoms with van der Waals surface area (Å²) in [5.41, 5.74) is 6.65. The molecule has 1 spiro atoms. The van der Waals surface area contributed by atoms with Gasteiger partial charge in [0.1, 0.15) is 11.6 Å². The molecule has 1 heterocycles. The van der Waals surface area contributed by atoms with Crippen molar-refractivity contribution in [3.8, 4) is 5.69 Å². The van der Waals surface area contributed by atoms with Crippen molar-refractivity contribution < 1.29 is 8.78 Å². The minimum Gasteiger partial charge on any atom is -0.310 e. The quantitative estimate of drug-likeness (QED) is 0.343.